The molecular formula is C16H23NO3. The molecule has 1 aromatic carbocycles. The van der Waals surface area contributed by atoms with E-state index in [1.54, 1.807) is 0 Å². The maximum absolute atomic E-state index is 11.1. The lowest BCUT2D eigenvalue weighted by molar-refractivity contribution is 0.0110. The van der Waals surface area contributed by atoms with Crippen molar-refractivity contribution in [1.29, 1.82) is 0 Å². The summed E-state index contributed by atoms with van der Waals surface area (Å²) in [6, 6.07) is 11.1. The highest BCUT2D eigenvalue weighted by Gasteiger charge is 2.26. The van der Waals surface area contributed by atoms with Gasteiger partial charge in [-0.3, -0.25) is 4.90 Å². The maximum atomic E-state index is 11.1. The second-order valence-corrected chi connectivity index (χ2v) is 5.40. The summed E-state index contributed by atoms with van der Waals surface area (Å²) < 4.78 is 9.74. The van der Waals surface area contributed by atoms with Gasteiger partial charge >= 0.3 is 6.16 Å². The van der Waals surface area contributed by atoms with E-state index in [0.717, 1.165) is 32.2 Å². The summed E-state index contributed by atoms with van der Waals surface area (Å²) in [4.78, 5) is 13.5. The molecule has 0 amide bonds. The molecule has 4 heteroatoms. The molecule has 0 aromatic heterocycles. The minimum atomic E-state index is -0.564. The Hall–Kier alpha value is -1.55. The molecule has 1 aliphatic rings. The van der Waals surface area contributed by atoms with Gasteiger partial charge in [-0.2, -0.15) is 0 Å². The van der Waals surface area contributed by atoms with E-state index in [0.29, 0.717) is 6.04 Å². The molecule has 2 rings (SSSR count). The van der Waals surface area contributed by atoms with Crippen LogP contribution in [0.2, 0.25) is 0 Å². The molecule has 0 bridgehead atoms. The summed E-state index contributed by atoms with van der Waals surface area (Å²) in [6.07, 6.45) is 3.41. The molecule has 20 heavy (non-hydrogen) atoms. The van der Waals surface area contributed by atoms with E-state index < -0.39 is 6.16 Å². The number of methoxy groups -OCH3 is 1. The normalized spacial score (nSPS) is 22.6. The Morgan fingerprint density at radius 1 is 1.20 bits per heavy atom. The highest BCUT2D eigenvalue weighted by Crippen LogP contribution is 2.25. The summed E-state index contributed by atoms with van der Waals surface area (Å²) in [5, 5.41) is 0. The Morgan fingerprint density at radius 2 is 1.85 bits per heavy atom. The molecule has 0 aliphatic heterocycles. The summed E-state index contributed by atoms with van der Waals surface area (Å²) in [7, 11) is 3.51. The van der Waals surface area contributed by atoms with Crippen LogP contribution in [0, 0.1) is 0 Å². The minimum Gasteiger partial charge on any atom is -0.438 e. The van der Waals surface area contributed by atoms with Crippen LogP contribution in [0.4, 0.5) is 4.79 Å². The standard InChI is InChI=1S/C16H23NO3/c1-17(12-13-6-4-3-5-7-13)14-8-10-15(11-9-14)20-16(18)19-2/h3-7,14-15H,8-12H2,1-2H3/t14-,15-. The molecule has 0 saturated heterocycles. The van der Waals surface area contributed by atoms with Crippen LogP contribution in [0.15, 0.2) is 30.3 Å². The van der Waals surface area contributed by atoms with E-state index in [1.807, 2.05) is 6.07 Å². The Bertz CT molecular complexity index is 413. The van der Waals surface area contributed by atoms with Gasteiger partial charge in [-0.05, 0) is 38.3 Å². The SMILES string of the molecule is COC(=O)O[C@H]1CC[C@H](N(C)Cc2ccccc2)CC1. The van der Waals surface area contributed by atoms with E-state index in [4.69, 9.17) is 4.74 Å². The number of ether oxygens (including phenoxy) is 2. The largest absolute Gasteiger partial charge is 0.508 e. The van der Waals surface area contributed by atoms with Crippen LogP contribution in [-0.4, -0.2) is 37.4 Å². The first-order valence-corrected chi connectivity index (χ1v) is 7.18. The van der Waals surface area contributed by atoms with Crippen molar-refractivity contribution in [3.05, 3.63) is 35.9 Å². The quantitative estimate of drug-likeness (QED) is 0.792. The fourth-order valence-electron chi connectivity index (χ4n) is 2.79. The summed E-state index contributed by atoms with van der Waals surface area (Å²) in [5.74, 6) is 0. The molecule has 1 saturated carbocycles. The summed E-state index contributed by atoms with van der Waals surface area (Å²) in [6.45, 7) is 0.966. The van der Waals surface area contributed by atoms with Crippen LogP contribution in [0.1, 0.15) is 31.2 Å². The highest BCUT2D eigenvalue weighted by atomic mass is 16.7. The molecule has 4 nitrogen and oxygen atoms in total. The van der Waals surface area contributed by atoms with Gasteiger partial charge < -0.3 is 9.47 Å². The third kappa shape index (κ3) is 4.23. The molecule has 0 radical (unpaired) electrons. The smallest absolute Gasteiger partial charge is 0.438 e. The Labute approximate surface area is 120 Å². The van der Waals surface area contributed by atoms with Crippen molar-refractivity contribution in [2.45, 2.75) is 44.4 Å². The zero-order chi connectivity index (χ0) is 14.4. The van der Waals surface area contributed by atoms with Gasteiger partial charge in [0, 0.05) is 12.6 Å². The monoisotopic (exact) mass is 277 g/mol. The summed E-state index contributed by atoms with van der Waals surface area (Å²) in [5.41, 5.74) is 1.34. The Balaban J connectivity index is 1.77. The zero-order valence-corrected chi connectivity index (χ0v) is 12.2. The number of rotatable bonds is 4. The molecule has 0 N–H and O–H groups in total. The van der Waals surface area contributed by atoms with E-state index in [2.05, 4.69) is 40.9 Å². The first kappa shape index (κ1) is 14.9. The van der Waals surface area contributed by atoms with Gasteiger partial charge in [-0.25, -0.2) is 4.79 Å². The molecule has 1 aliphatic carbocycles. The number of nitrogens with zero attached hydrogens (tertiary/aromatic N) is 1. The number of benzene rings is 1. The predicted octanol–water partition coefficient (Wildman–Crippen LogP) is 3.21. The van der Waals surface area contributed by atoms with Gasteiger partial charge in [0.05, 0.1) is 7.11 Å². The predicted molar refractivity (Wildman–Crippen MR) is 77.4 cm³/mol. The van der Waals surface area contributed by atoms with Gasteiger partial charge in [0.2, 0.25) is 0 Å². The minimum absolute atomic E-state index is 0.0174. The van der Waals surface area contributed by atoms with Crippen molar-refractivity contribution in [3.8, 4) is 0 Å². The average Bonchev–Trinajstić information content (AvgIpc) is 2.49. The fraction of sp³-hybridized carbons (Fsp3) is 0.562. The molecule has 0 spiro atoms. The van der Waals surface area contributed by atoms with Crippen molar-refractivity contribution in [1.82, 2.24) is 4.90 Å². The third-order valence-electron chi connectivity index (χ3n) is 3.97. The number of hydrogen-bond acceptors (Lipinski definition) is 4. The number of hydrogen-bond donors (Lipinski definition) is 0. The van der Waals surface area contributed by atoms with Crippen LogP contribution in [0.25, 0.3) is 0 Å². The van der Waals surface area contributed by atoms with Gasteiger partial charge in [-0.1, -0.05) is 30.3 Å². The molecule has 0 unspecified atom stereocenters. The second-order valence-electron chi connectivity index (χ2n) is 5.40. The maximum Gasteiger partial charge on any atom is 0.508 e. The Kier molecular flexibility index (Phi) is 5.41. The van der Waals surface area contributed by atoms with Crippen LogP contribution in [0.5, 0.6) is 0 Å². The van der Waals surface area contributed by atoms with E-state index in [9.17, 15) is 4.79 Å². The van der Waals surface area contributed by atoms with Gasteiger partial charge in [0.15, 0.2) is 0 Å². The van der Waals surface area contributed by atoms with E-state index >= 15 is 0 Å². The van der Waals surface area contributed by atoms with E-state index in [-0.39, 0.29) is 6.10 Å². The van der Waals surface area contributed by atoms with Gasteiger partial charge in [0.25, 0.3) is 0 Å². The summed E-state index contributed by atoms with van der Waals surface area (Å²) >= 11 is 0. The van der Waals surface area contributed by atoms with Crippen molar-refractivity contribution in [2.24, 2.45) is 0 Å². The zero-order valence-electron chi connectivity index (χ0n) is 12.2. The van der Waals surface area contributed by atoms with Crippen molar-refractivity contribution < 1.29 is 14.3 Å². The van der Waals surface area contributed by atoms with Crippen LogP contribution >= 0.6 is 0 Å². The lowest BCUT2D eigenvalue weighted by Crippen LogP contribution is -2.37. The van der Waals surface area contributed by atoms with Gasteiger partial charge in [-0.15, -0.1) is 0 Å². The molecule has 1 aromatic rings. The topological polar surface area (TPSA) is 38.8 Å². The van der Waals surface area contributed by atoms with E-state index in [1.165, 1.54) is 12.7 Å². The molecule has 0 atom stereocenters. The molecule has 0 heterocycles. The lowest BCUT2D eigenvalue weighted by atomic mass is 9.92. The highest BCUT2D eigenvalue weighted by molar-refractivity contribution is 5.59. The number of carbonyl (C=O) groups excluding carboxylic acids is 1. The van der Waals surface area contributed by atoms with Crippen molar-refractivity contribution in [2.75, 3.05) is 14.2 Å². The Morgan fingerprint density at radius 3 is 2.45 bits per heavy atom. The average molecular weight is 277 g/mol. The molecule has 110 valence electrons. The molecular weight excluding hydrogens is 254 g/mol. The first-order valence-electron chi connectivity index (χ1n) is 7.18. The van der Waals surface area contributed by atoms with Crippen LogP contribution in [-0.2, 0) is 16.0 Å². The first-order chi connectivity index (χ1) is 9.69. The molecule has 1 fully saturated rings. The van der Waals surface area contributed by atoms with Crippen LogP contribution in [0.3, 0.4) is 0 Å². The fourth-order valence-corrected chi connectivity index (χ4v) is 2.79. The van der Waals surface area contributed by atoms with Crippen molar-refractivity contribution in [3.63, 3.8) is 0 Å². The lowest BCUT2D eigenvalue weighted by Gasteiger charge is -2.34. The third-order valence-corrected chi connectivity index (χ3v) is 3.97. The van der Waals surface area contributed by atoms with Crippen LogP contribution < -0.4 is 0 Å². The van der Waals surface area contributed by atoms with Gasteiger partial charge in [0.1, 0.15) is 6.10 Å². The second kappa shape index (κ2) is 7.29. The van der Waals surface area contributed by atoms with Crippen molar-refractivity contribution >= 4 is 6.16 Å². The number of carbonyl (C=O) groups is 1.